The molecule has 0 atom stereocenters. The Kier molecular flexibility index (Phi) is 1.19. The lowest BCUT2D eigenvalue weighted by molar-refractivity contribution is 0.948. The van der Waals surface area contributed by atoms with Crippen LogP contribution in [0.15, 0.2) is 18.3 Å². The number of rotatable bonds is 1. The molecule has 1 N–H and O–H groups in total. The van der Waals surface area contributed by atoms with Gasteiger partial charge in [-0.3, -0.25) is 0 Å². The minimum atomic E-state index is -0.366. The molecular weight excluding hydrogens is 126 g/mol. The van der Waals surface area contributed by atoms with Gasteiger partial charge in [-0.15, -0.1) is 0 Å². The van der Waals surface area contributed by atoms with E-state index in [2.05, 4.69) is 17.1 Å². The Bertz CT molecular complexity index is 177. The van der Waals surface area contributed by atoms with E-state index >= 15 is 0 Å². The Morgan fingerprint density at radius 2 is 2.33 bits per heavy atom. The summed E-state index contributed by atoms with van der Waals surface area (Å²) in [6.07, 6.45) is 3.52. The Hall–Kier alpha value is -0.503. The van der Waals surface area contributed by atoms with Crippen LogP contribution in [0.1, 0.15) is 6.42 Å². The van der Waals surface area contributed by atoms with Gasteiger partial charge in [0.25, 0.3) is 0 Å². The summed E-state index contributed by atoms with van der Waals surface area (Å²) >= 11 is 0. The molecular formula is C7H11NSi. The van der Waals surface area contributed by atoms with Gasteiger partial charge in [-0.25, -0.2) is 0 Å². The highest BCUT2D eigenvalue weighted by Gasteiger charge is 2.21. The van der Waals surface area contributed by atoms with Crippen LogP contribution in [0, 0.1) is 0 Å². The van der Waals surface area contributed by atoms with Crippen LogP contribution < -0.4 is 5.32 Å². The number of aromatic amines is 1. The average Bonchev–Trinajstić information content (AvgIpc) is 2.11. The summed E-state index contributed by atoms with van der Waals surface area (Å²) in [5.74, 6) is 0. The first-order chi connectivity index (χ1) is 4.47. The van der Waals surface area contributed by atoms with Gasteiger partial charge in [-0.05, 0) is 17.4 Å². The van der Waals surface area contributed by atoms with Crippen molar-refractivity contribution in [2.45, 2.75) is 18.5 Å². The van der Waals surface area contributed by atoms with Crippen LogP contribution in [0.2, 0.25) is 12.1 Å². The lowest BCUT2D eigenvalue weighted by atomic mass is 10.5. The molecule has 0 bridgehead atoms. The molecule has 0 aliphatic carbocycles. The SMILES string of the molecule is c1c[nH]c([SiH]2CCC2)c1. The maximum Gasteiger partial charge on any atom is 0.0914 e. The van der Waals surface area contributed by atoms with Gasteiger partial charge >= 0.3 is 0 Å². The standard InChI is InChI=1S/C7H11NSi/c1-3-7(8-4-1)9-5-2-6-9/h1,3-4,8-9H,2,5-6H2. The Balaban J connectivity index is 2.14. The third kappa shape index (κ3) is 0.832. The first-order valence-electron chi connectivity index (χ1n) is 3.60. The van der Waals surface area contributed by atoms with E-state index in [0.717, 1.165) is 0 Å². The van der Waals surface area contributed by atoms with E-state index in [0.29, 0.717) is 0 Å². The number of hydrogen-bond acceptors (Lipinski definition) is 0. The lowest BCUT2D eigenvalue weighted by Crippen LogP contribution is -2.36. The van der Waals surface area contributed by atoms with Gasteiger partial charge in [0, 0.05) is 6.20 Å². The number of aromatic nitrogens is 1. The molecule has 1 aromatic rings. The van der Waals surface area contributed by atoms with Crippen molar-refractivity contribution in [3.8, 4) is 0 Å². The molecule has 1 saturated heterocycles. The summed E-state index contributed by atoms with van der Waals surface area (Å²) in [6, 6.07) is 7.41. The highest BCUT2D eigenvalue weighted by atomic mass is 28.3. The van der Waals surface area contributed by atoms with Crippen molar-refractivity contribution in [3.05, 3.63) is 18.3 Å². The molecule has 0 radical (unpaired) electrons. The van der Waals surface area contributed by atoms with Crippen LogP contribution in [-0.4, -0.2) is 13.8 Å². The molecule has 0 saturated carbocycles. The lowest BCUT2D eigenvalue weighted by Gasteiger charge is -2.21. The first-order valence-corrected chi connectivity index (χ1v) is 5.81. The maximum atomic E-state index is 3.30. The Morgan fingerprint density at radius 1 is 1.44 bits per heavy atom. The van der Waals surface area contributed by atoms with E-state index in [9.17, 15) is 0 Å². The Morgan fingerprint density at radius 3 is 2.78 bits per heavy atom. The molecule has 1 fully saturated rings. The van der Waals surface area contributed by atoms with Gasteiger partial charge in [0.15, 0.2) is 0 Å². The fourth-order valence-corrected chi connectivity index (χ4v) is 3.47. The summed E-state index contributed by atoms with van der Waals surface area (Å²) in [5, 5.41) is 1.57. The largest absolute Gasteiger partial charge is 0.369 e. The van der Waals surface area contributed by atoms with E-state index in [4.69, 9.17) is 0 Å². The summed E-state index contributed by atoms with van der Waals surface area (Å²) in [5.41, 5.74) is 0. The summed E-state index contributed by atoms with van der Waals surface area (Å²) in [7, 11) is -0.366. The van der Waals surface area contributed by atoms with Crippen LogP contribution in [0.25, 0.3) is 0 Å². The normalized spacial score (nSPS) is 19.6. The molecule has 1 nitrogen and oxygen atoms in total. The predicted octanol–water partition coefficient (Wildman–Crippen LogP) is 0.852. The highest BCUT2D eigenvalue weighted by molar-refractivity contribution is 6.74. The summed E-state index contributed by atoms with van der Waals surface area (Å²) in [6.45, 7) is 0. The topological polar surface area (TPSA) is 15.8 Å². The van der Waals surface area contributed by atoms with Crippen molar-refractivity contribution in [2.75, 3.05) is 0 Å². The number of nitrogens with one attached hydrogen (secondary N) is 1. The number of hydrogen-bond donors (Lipinski definition) is 1. The van der Waals surface area contributed by atoms with Gasteiger partial charge in [-0.2, -0.15) is 0 Å². The zero-order valence-electron chi connectivity index (χ0n) is 5.43. The van der Waals surface area contributed by atoms with E-state index in [1.54, 1.807) is 5.32 Å². The number of H-pyrrole nitrogens is 1. The van der Waals surface area contributed by atoms with Crippen LogP contribution in [0.5, 0.6) is 0 Å². The smallest absolute Gasteiger partial charge is 0.0914 e. The van der Waals surface area contributed by atoms with Gasteiger partial charge < -0.3 is 4.98 Å². The molecule has 1 aliphatic heterocycles. The molecule has 1 aliphatic rings. The monoisotopic (exact) mass is 137 g/mol. The fourth-order valence-electron chi connectivity index (χ4n) is 1.32. The minimum absolute atomic E-state index is 0.366. The first kappa shape index (κ1) is 5.29. The molecule has 0 aromatic carbocycles. The van der Waals surface area contributed by atoms with Crippen molar-refractivity contribution in [2.24, 2.45) is 0 Å². The maximum absolute atomic E-state index is 3.30. The van der Waals surface area contributed by atoms with E-state index < -0.39 is 0 Å². The average molecular weight is 137 g/mol. The summed E-state index contributed by atoms with van der Waals surface area (Å²) in [4.78, 5) is 3.30. The van der Waals surface area contributed by atoms with Crippen LogP contribution in [0.3, 0.4) is 0 Å². The van der Waals surface area contributed by atoms with Crippen molar-refractivity contribution < 1.29 is 0 Å². The molecule has 0 amide bonds. The van der Waals surface area contributed by atoms with Crippen molar-refractivity contribution in [1.82, 2.24) is 4.98 Å². The highest BCUT2D eigenvalue weighted by Crippen LogP contribution is 2.18. The molecule has 48 valence electrons. The van der Waals surface area contributed by atoms with Gasteiger partial charge in [0.05, 0.1) is 8.80 Å². The molecule has 1 aromatic heterocycles. The molecule has 0 unspecified atom stereocenters. The molecule has 0 spiro atoms. The second kappa shape index (κ2) is 2.03. The van der Waals surface area contributed by atoms with Crippen molar-refractivity contribution in [3.63, 3.8) is 0 Å². The van der Waals surface area contributed by atoms with Gasteiger partial charge in [-0.1, -0.05) is 18.5 Å². The third-order valence-electron chi connectivity index (χ3n) is 2.17. The predicted molar refractivity (Wildman–Crippen MR) is 41.8 cm³/mol. The van der Waals surface area contributed by atoms with Crippen molar-refractivity contribution in [1.29, 1.82) is 0 Å². The van der Waals surface area contributed by atoms with E-state index in [-0.39, 0.29) is 8.80 Å². The van der Waals surface area contributed by atoms with Crippen LogP contribution in [-0.2, 0) is 0 Å². The molecule has 2 heterocycles. The quantitative estimate of drug-likeness (QED) is 0.552. The van der Waals surface area contributed by atoms with E-state index in [1.165, 1.54) is 18.5 Å². The third-order valence-corrected chi connectivity index (χ3v) is 5.62. The second-order valence-corrected chi connectivity index (χ2v) is 5.92. The zero-order valence-corrected chi connectivity index (χ0v) is 6.59. The second-order valence-electron chi connectivity index (χ2n) is 2.75. The zero-order chi connectivity index (χ0) is 6.10. The van der Waals surface area contributed by atoms with Crippen molar-refractivity contribution >= 4 is 14.1 Å². The summed E-state index contributed by atoms with van der Waals surface area (Å²) < 4.78 is 0. The van der Waals surface area contributed by atoms with E-state index in [1.807, 2.05) is 6.20 Å². The van der Waals surface area contributed by atoms with Crippen LogP contribution >= 0.6 is 0 Å². The Labute approximate surface area is 56.7 Å². The fraction of sp³-hybridized carbons (Fsp3) is 0.429. The van der Waals surface area contributed by atoms with Gasteiger partial charge in [0.2, 0.25) is 0 Å². The van der Waals surface area contributed by atoms with Crippen LogP contribution in [0.4, 0.5) is 0 Å². The molecule has 2 heteroatoms. The molecule has 9 heavy (non-hydrogen) atoms. The van der Waals surface area contributed by atoms with Gasteiger partial charge in [0.1, 0.15) is 0 Å². The molecule has 2 rings (SSSR count). The minimum Gasteiger partial charge on any atom is -0.369 e.